The zero-order valence-corrected chi connectivity index (χ0v) is 11.1. The minimum absolute atomic E-state index is 0.162. The molecule has 2 nitrogen and oxygen atoms in total. The number of alkyl halides is 3. The van der Waals surface area contributed by atoms with Crippen molar-refractivity contribution in [1.82, 2.24) is 9.88 Å². The predicted octanol–water partition coefficient (Wildman–Crippen LogP) is 3.69. The molecule has 2 rings (SSSR count). The van der Waals surface area contributed by atoms with E-state index in [4.69, 9.17) is 0 Å². The van der Waals surface area contributed by atoms with Crippen molar-refractivity contribution in [3.8, 4) is 0 Å². The molecule has 106 valence electrons. The van der Waals surface area contributed by atoms with E-state index in [2.05, 4.69) is 16.8 Å². The van der Waals surface area contributed by atoms with Crippen LogP contribution in [-0.4, -0.2) is 29.5 Å². The number of rotatable bonds is 3. The van der Waals surface area contributed by atoms with E-state index < -0.39 is 11.9 Å². The first-order chi connectivity index (χ1) is 9.00. The van der Waals surface area contributed by atoms with Crippen molar-refractivity contribution >= 4 is 0 Å². The molecule has 19 heavy (non-hydrogen) atoms. The summed E-state index contributed by atoms with van der Waals surface area (Å²) in [7, 11) is 0. The zero-order valence-electron chi connectivity index (χ0n) is 11.1. The predicted molar refractivity (Wildman–Crippen MR) is 67.9 cm³/mol. The first-order valence-corrected chi connectivity index (χ1v) is 6.77. The Kier molecular flexibility index (Phi) is 4.45. The third-order valence-corrected chi connectivity index (χ3v) is 3.61. The van der Waals surface area contributed by atoms with E-state index in [9.17, 15) is 13.2 Å². The van der Waals surface area contributed by atoms with Crippen LogP contribution in [0.15, 0.2) is 18.2 Å². The largest absolute Gasteiger partial charge is 0.433 e. The summed E-state index contributed by atoms with van der Waals surface area (Å²) < 4.78 is 37.9. The molecule has 0 amide bonds. The molecule has 5 heteroatoms. The topological polar surface area (TPSA) is 16.1 Å². The first kappa shape index (κ1) is 14.3. The number of piperidine rings is 1. The number of aromatic nitrogens is 1. The van der Waals surface area contributed by atoms with Crippen LogP contribution >= 0.6 is 0 Å². The maximum atomic E-state index is 12.6. The van der Waals surface area contributed by atoms with Gasteiger partial charge >= 0.3 is 6.18 Å². The normalized spacial score (nSPS) is 18.7. The second kappa shape index (κ2) is 5.90. The number of halogens is 3. The standard InChI is InChI=1S/C14H19F3N2/c1-2-8-19-9-6-11(7-10-19)12-4-3-5-13(18-12)14(15,16)17/h3-5,11H,2,6-10H2,1H3. The fourth-order valence-corrected chi connectivity index (χ4v) is 2.61. The molecule has 2 heterocycles. The SMILES string of the molecule is CCCN1CCC(c2cccc(C(F)(F)F)n2)CC1. The van der Waals surface area contributed by atoms with Gasteiger partial charge in [-0.3, -0.25) is 0 Å². The average molecular weight is 272 g/mol. The zero-order chi connectivity index (χ0) is 13.9. The van der Waals surface area contributed by atoms with Gasteiger partial charge in [-0.1, -0.05) is 13.0 Å². The molecule has 0 aromatic carbocycles. The molecular weight excluding hydrogens is 253 g/mol. The van der Waals surface area contributed by atoms with Crippen LogP contribution in [0.25, 0.3) is 0 Å². The third-order valence-electron chi connectivity index (χ3n) is 3.61. The van der Waals surface area contributed by atoms with Crippen molar-refractivity contribution in [2.24, 2.45) is 0 Å². The second-order valence-electron chi connectivity index (χ2n) is 5.06. The molecule has 0 unspecified atom stereocenters. The van der Waals surface area contributed by atoms with E-state index in [1.807, 2.05) is 0 Å². The van der Waals surface area contributed by atoms with Crippen molar-refractivity contribution in [2.45, 2.75) is 38.3 Å². The van der Waals surface area contributed by atoms with Gasteiger partial charge in [-0.05, 0) is 51.0 Å². The number of hydrogen-bond acceptors (Lipinski definition) is 2. The summed E-state index contributed by atoms with van der Waals surface area (Å²) in [4.78, 5) is 6.16. The van der Waals surface area contributed by atoms with Crippen LogP contribution in [0, 0.1) is 0 Å². The molecule has 0 atom stereocenters. The maximum absolute atomic E-state index is 12.6. The van der Waals surface area contributed by atoms with Crippen LogP contribution in [0.3, 0.4) is 0 Å². The molecule has 1 fully saturated rings. The molecule has 0 saturated carbocycles. The highest BCUT2D eigenvalue weighted by Gasteiger charge is 2.33. The summed E-state index contributed by atoms with van der Waals surface area (Å²) in [5, 5.41) is 0. The number of likely N-dealkylation sites (tertiary alicyclic amines) is 1. The van der Waals surface area contributed by atoms with Crippen LogP contribution in [0.1, 0.15) is 43.5 Å². The molecular formula is C14H19F3N2. The molecule has 0 bridgehead atoms. The highest BCUT2D eigenvalue weighted by molar-refractivity contribution is 5.17. The Morgan fingerprint density at radius 1 is 1.26 bits per heavy atom. The van der Waals surface area contributed by atoms with Crippen LogP contribution in [-0.2, 0) is 6.18 Å². The van der Waals surface area contributed by atoms with Crippen molar-refractivity contribution < 1.29 is 13.2 Å². The number of pyridine rings is 1. The molecule has 1 saturated heterocycles. The second-order valence-corrected chi connectivity index (χ2v) is 5.06. The molecule has 0 radical (unpaired) electrons. The Balaban J connectivity index is 2.03. The van der Waals surface area contributed by atoms with Gasteiger partial charge in [0.15, 0.2) is 0 Å². The Morgan fingerprint density at radius 3 is 2.53 bits per heavy atom. The molecule has 1 aliphatic rings. The van der Waals surface area contributed by atoms with Crippen molar-refractivity contribution in [3.63, 3.8) is 0 Å². The Hall–Kier alpha value is -1.10. The van der Waals surface area contributed by atoms with Crippen LogP contribution in [0.2, 0.25) is 0 Å². The number of hydrogen-bond donors (Lipinski definition) is 0. The van der Waals surface area contributed by atoms with Crippen LogP contribution in [0.4, 0.5) is 13.2 Å². The number of nitrogens with zero attached hydrogens (tertiary/aromatic N) is 2. The summed E-state index contributed by atoms with van der Waals surface area (Å²) in [6.07, 6.45) is -1.44. The van der Waals surface area contributed by atoms with Gasteiger partial charge < -0.3 is 4.90 Å². The molecule has 0 aliphatic carbocycles. The van der Waals surface area contributed by atoms with Gasteiger partial charge in [0.25, 0.3) is 0 Å². The minimum Gasteiger partial charge on any atom is -0.303 e. The van der Waals surface area contributed by atoms with Gasteiger partial charge in [0, 0.05) is 11.6 Å². The van der Waals surface area contributed by atoms with Crippen molar-refractivity contribution in [1.29, 1.82) is 0 Å². The maximum Gasteiger partial charge on any atom is 0.433 e. The lowest BCUT2D eigenvalue weighted by Gasteiger charge is -2.31. The summed E-state index contributed by atoms with van der Waals surface area (Å²) in [5.74, 6) is 0.162. The van der Waals surface area contributed by atoms with Crippen molar-refractivity contribution in [2.75, 3.05) is 19.6 Å². The van der Waals surface area contributed by atoms with E-state index in [0.717, 1.165) is 45.0 Å². The summed E-state index contributed by atoms with van der Waals surface area (Å²) in [5.41, 5.74) is -0.188. The highest BCUT2D eigenvalue weighted by atomic mass is 19.4. The van der Waals surface area contributed by atoms with Crippen LogP contribution < -0.4 is 0 Å². The summed E-state index contributed by atoms with van der Waals surface area (Å²) in [6.45, 7) is 5.12. The fraction of sp³-hybridized carbons (Fsp3) is 0.643. The lowest BCUT2D eigenvalue weighted by atomic mass is 9.93. The molecule has 1 aromatic rings. The van der Waals surface area contributed by atoms with Gasteiger partial charge in [0.2, 0.25) is 0 Å². The van der Waals surface area contributed by atoms with Gasteiger partial charge in [0.1, 0.15) is 5.69 Å². The van der Waals surface area contributed by atoms with E-state index >= 15 is 0 Å². The van der Waals surface area contributed by atoms with Crippen molar-refractivity contribution in [3.05, 3.63) is 29.6 Å². The van der Waals surface area contributed by atoms with Crippen LogP contribution in [0.5, 0.6) is 0 Å². The van der Waals surface area contributed by atoms with E-state index in [-0.39, 0.29) is 5.92 Å². The molecule has 1 aliphatic heterocycles. The summed E-state index contributed by atoms with van der Waals surface area (Å²) >= 11 is 0. The summed E-state index contributed by atoms with van der Waals surface area (Å²) in [6, 6.07) is 4.22. The Morgan fingerprint density at radius 2 is 1.95 bits per heavy atom. The van der Waals surface area contributed by atoms with Gasteiger partial charge in [-0.15, -0.1) is 0 Å². The lowest BCUT2D eigenvalue weighted by molar-refractivity contribution is -0.141. The van der Waals surface area contributed by atoms with Gasteiger partial charge in [0.05, 0.1) is 0 Å². The monoisotopic (exact) mass is 272 g/mol. The molecule has 1 aromatic heterocycles. The van der Waals surface area contributed by atoms with E-state index in [1.165, 1.54) is 6.07 Å². The highest BCUT2D eigenvalue weighted by Crippen LogP contribution is 2.31. The van der Waals surface area contributed by atoms with Gasteiger partial charge in [-0.2, -0.15) is 13.2 Å². The lowest BCUT2D eigenvalue weighted by Crippen LogP contribution is -2.33. The third kappa shape index (κ3) is 3.69. The molecule has 0 spiro atoms. The first-order valence-electron chi connectivity index (χ1n) is 6.77. The smallest absolute Gasteiger partial charge is 0.303 e. The van der Waals surface area contributed by atoms with E-state index in [1.54, 1.807) is 6.07 Å². The van der Waals surface area contributed by atoms with E-state index in [0.29, 0.717) is 5.69 Å². The Bertz CT molecular complexity index is 409. The Labute approximate surface area is 111 Å². The fourth-order valence-electron chi connectivity index (χ4n) is 2.61. The average Bonchev–Trinajstić information content (AvgIpc) is 2.39. The minimum atomic E-state index is -4.35. The quantitative estimate of drug-likeness (QED) is 0.834. The molecule has 0 N–H and O–H groups in total. The van der Waals surface area contributed by atoms with Gasteiger partial charge in [-0.25, -0.2) is 4.98 Å².